The fourth-order valence-electron chi connectivity index (χ4n) is 1.39. The van der Waals surface area contributed by atoms with Crippen LogP contribution in [0.25, 0.3) is 5.70 Å². The molecule has 1 aliphatic rings. The molecule has 83 valence electrons. The molecular weight excluding hydrogens is 224 g/mol. The van der Waals surface area contributed by atoms with Crippen LogP contribution in [-0.2, 0) is 10.0 Å². The smallest absolute Gasteiger partial charge is 0.240 e. The van der Waals surface area contributed by atoms with Gasteiger partial charge in [0.1, 0.15) is 0 Å². The summed E-state index contributed by atoms with van der Waals surface area (Å²) in [6.45, 7) is 0. The van der Waals surface area contributed by atoms with Crippen LogP contribution in [0.5, 0.6) is 0 Å². The minimum atomic E-state index is -3.35. The van der Waals surface area contributed by atoms with Gasteiger partial charge in [0.2, 0.25) is 10.0 Å². The second kappa shape index (κ2) is 4.11. The molecular formula is C11H11N2O2S. The Morgan fingerprint density at radius 2 is 1.88 bits per heavy atom. The summed E-state index contributed by atoms with van der Waals surface area (Å²) >= 11 is 0. The zero-order chi connectivity index (χ0) is 11.6. The summed E-state index contributed by atoms with van der Waals surface area (Å²) in [6.07, 6.45) is 5.42. The lowest BCUT2D eigenvalue weighted by atomic mass is 10.1. The molecule has 0 amide bonds. The third kappa shape index (κ3) is 2.00. The Bertz CT molecular complexity index is 542. The van der Waals surface area contributed by atoms with Crippen LogP contribution in [0.4, 0.5) is 0 Å². The van der Waals surface area contributed by atoms with E-state index in [9.17, 15) is 8.42 Å². The van der Waals surface area contributed by atoms with Crippen molar-refractivity contribution in [3.8, 4) is 0 Å². The minimum Gasteiger partial charge on any atom is -0.256 e. The van der Waals surface area contributed by atoms with Crippen molar-refractivity contribution >= 4 is 15.7 Å². The summed E-state index contributed by atoms with van der Waals surface area (Å²) in [7, 11) is -1.96. The fraction of sp³-hybridized carbons (Fsp3) is 0.0909. The normalized spacial score (nSPS) is 14.7. The van der Waals surface area contributed by atoms with E-state index in [1.54, 1.807) is 30.5 Å². The molecule has 16 heavy (non-hydrogen) atoms. The fourth-order valence-corrected chi connectivity index (χ4v) is 2.12. The monoisotopic (exact) mass is 235 g/mol. The SMILES string of the molecule is CNS(=O)(=O)c1ccc(C2=CC=C[N]2)cc1. The van der Waals surface area contributed by atoms with Crippen molar-refractivity contribution < 1.29 is 8.42 Å². The van der Waals surface area contributed by atoms with Gasteiger partial charge in [-0.25, -0.2) is 13.1 Å². The highest BCUT2D eigenvalue weighted by Crippen LogP contribution is 2.18. The van der Waals surface area contributed by atoms with Crippen molar-refractivity contribution in [1.82, 2.24) is 10.0 Å². The van der Waals surface area contributed by atoms with Crippen LogP contribution in [0.15, 0.2) is 47.5 Å². The second-order valence-electron chi connectivity index (χ2n) is 3.25. The highest BCUT2D eigenvalue weighted by Gasteiger charge is 2.11. The maximum absolute atomic E-state index is 11.5. The highest BCUT2D eigenvalue weighted by molar-refractivity contribution is 7.89. The molecule has 2 rings (SSSR count). The van der Waals surface area contributed by atoms with E-state index in [1.807, 2.05) is 12.2 Å². The molecule has 1 radical (unpaired) electrons. The topological polar surface area (TPSA) is 60.3 Å². The number of nitrogens with zero attached hydrogens (tertiary/aromatic N) is 1. The predicted molar refractivity (Wildman–Crippen MR) is 61.9 cm³/mol. The van der Waals surface area contributed by atoms with Gasteiger partial charge in [-0.05, 0) is 31.3 Å². The third-order valence-corrected chi connectivity index (χ3v) is 3.71. The Morgan fingerprint density at radius 1 is 1.19 bits per heavy atom. The maximum atomic E-state index is 11.5. The molecule has 1 N–H and O–H groups in total. The molecule has 0 unspecified atom stereocenters. The molecule has 1 aliphatic heterocycles. The molecule has 1 aromatic carbocycles. The van der Waals surface area contributed by atoms with Crippen LogP contribution in [0.1, 0.15) is 5.56 Å². The lowest BCUT2D eigenvalue weighted by molar-refractivity contribution is 0.588. The number of sulfonamides is 1. The van der Waals surface area contributed by atoms with Crippen molar-refractivity contribution in [3.63, 3.8) is 0 Å². The van der Waals surface area contributed by atoms with Gasteiger partial charge in [0.25, 0.3) is 0 Å². The van der Waals surface area contributed by atoms with Crippen LogP contribution < -0.4 is 10.0 Å². The first-order valence-corrected chi connectivity index (χ1v) is 6.23. The molecule has 1 heterocycles. The molecule has 0 spiro atoms. The molecule has 5 heteroatoms. The van der Waals surface area contributed by atoms with E-state index in [1.165, 1.54) is 7.05 Å². The van der Waals surface area contributed by atoms with Crippen LogP contribution in [0, 0.1) is 0 Å². The molecule has 0 fully saturated rings. The number of benzene rings is 1. The average Bonchev–Trinajstić information content (AvgIpc) is 2.83. The van der Waals surface area contributed by atoms with E-state index in [2.05, 4.69) is 10.0 Å². The van der Waals surface area contributed by atoms with Crippen LogP contribution in [-0.4, -0.2) is 15.5 Å². The number of hydrogen-bond acceptors (Lipinski definition) is 2. The van der Waals surface area contributed by atoms with E-state index >= 15 is 0 Å². The molecule has 1 aromatic rings. The van der Waals surface area contributed by atoms with Crippen LogP contribution in [0.2, 0.25) is 0 Å². The van der Waals surface area contributed by atoms with E-state index in [0.717, 1.165) is 11.3 Å². The first kappa shape index (κ1) is 10.9. The maximum Gasteiger partial charge on any atom is 0.240 e. The van der Waals surface area contributed by atoms with E-state index in [4.69, 9.17) is 0 Å². The lowest BCUT2D eigenvalue weighted by Crippen LogP contribution is -2.18. The first-order valence-electron chi connectivity index (χ1n) is 4.75. The molecule has 4 nitrogen and oxygen atoms in total. The predicted octanol–water partition coefficient (Wildman–Crippen LogP) is 1.07. The lowest BCUT2D eigenvalue weighted by Gasteiger charge is -2.04. The molecule has 0 aromatic heterocycles. The van der Waals surface area contributed by atoms with Gasteiger partial charge >= 0.3 is 0 Å². The first-order chi connectivity index (χ1) is 7.63. The van der Waals surface area contributed by atoms with Crippen molar-refractivity contribution in [2.75, 3.05) is 7.05 Å². The zero-order valence-electron chi connectivity index (χ0n) is 8.71. The minimum absolute atomic E-state index is 0.255. The molecule has 0 aliphatic carbocycles. The van der Waals surface area contributed by atoms with E-state index in [0.29, 0.717) is 0 Å². The van der Waals surface area contributed by atoms with Gasteiger partial charge in [-0.3, -0.25) is 5.32 Å². The van der Waals surface area contributed by atoms with E-state index in [-0.39, 0.29) is 4.90 Å². The van der Waals surface area contributed by atoms with Crippen molar-refractivity contribution in [3.05, 3.63) is 48.2 Å². The average molecular weight is 235 g/mol. The van der Waals surface area contributed by atoms with Crippen LogP contribution >= 0.6 is 0 Å². The molecule has 0 saturated heterocycles. The summed E-state index contributed by atoms with van der Waals surface area (Å²) in [6, 6.07) is 6.62. The molecule has 0 saturated carbocycles. The van der Waals surface area contributed by atoms with Gasteiger partial charge in [0.05, 0.1) is 10.6 Å². The van der Waals surface area contributed by atoms with Gasteiger partial charge in [0, 0.05) is 11.8 Å². The Morgan fingerprint density at radius 3 is 2.38 bits per heavy atom. The Hall–Kier alpha value is -1.59. The van der Waals surface area contributed by atoms with Crippen molar-refractivity contribution in [2.45, 2.75) is 4.90 Å². The molecule has 0 atom stereocenters. The quantitative estimate of drug-likeness (QED) is 0.851. The van der Waals surface area contributed by atoms with E-state index < -0.39 is 10.0 Å². The van der Waals surface area contributed by atoms with Gasteiger partial charge in [-0.1, -0.05) is 12.1 Å². The Balaban J connectivity index is 2.30. The number of rotatable bonds is 3. The highest BCUT2D eigenvalue weighted by atomic mass is 32.2. The standard InChI is InChI=1S/C11H11N2O2S/c1-12-16(14,15)10-6-4-9(5-7-10)11-3-2-8-13-11/h2-8,12H,1H3. The summed E-state index contributed by atoms with van der Waals surface area (Å²) in [5.74, 6) is 0. The van der Waals surface area contributed by atoms with Gasteiger partial charge in [-0.15, -0.1) is 0 Å². The summed E-state index contributed by atoms with van der Waals surface area (Å²) in [4.78, 5) is 0.255. The Kier molecular flexibility index (Phi) is 2.80. The summed E-state index contributed by atoms with van der Waals surface area (Å²) in [5, 5.41) is 4.13. The Labute approximate surface area is 94.7 Å². The van der Waals surface area contributed by atoms with Crippen molar-refractivity contribution in [2.24, 2.45) is 0 Å². The zero-order valence-corrected chi connectivity index (χ0v) is 9.53. The van der Waals surface area contributed by atoms with Gasteiger partial charge in [0.15, 0.2) is 0 Å². The van der Waals surface area contributed by atoms with Gasteiger partial charge < -0.3 is 0 Å². The van der Waals surface area contributed by atoms with Crippen molar-refractivity contribution in [1.29, 1.82) is 0 Å². The summed E-state index contributed by atoms with van der Waals surface area (Å²) in [5.41, 5.74) is 1.74. The van der Waals surface area contributed by atoms with Crippen LogP contribution in [0.3, 0.4) is 0 Å². The summed E-state index contributed by atoms with van der Waals surface area (Å²) < 4.78 is 25.2. The largest absolute Gasteiger partial charge is 0.256 e. The second-order valence-corrected chi connectivity index (χ2v) is 5.14. The number of allylic oxidation sites excluding steroid dienone is 2. The number of nitrogens with one attached hydrogen (secondary N) is 1. The number of hydrogen-bond donors (Lipinski definition) is 1. The van der Waals surface area contributed by atoms with Gasteiger partial charge in [-0.2, -0.15) is 0 Å². The molecule has 0 bridgehead atoms. The third-order valence-electron chi connectivity index (χ3n) is 2.28.